The number of rotatable bonds is 4. The molecule has 1 aromatic heterocycles. The first-order chi connectivity index (χ1) is 10.7. The second-order valence-corrected chi connectivity index (χ2v) is 6.84. The van der Waals surface area contributed by atoms with Crippen molar-refractivity contribution in [3.63, 3.8) is 0 Å². The van der Waals surface area contributed by atoms with Crippen LogP contribution in [0.3, 0.4) is 0 Å². The molecule has 2 aromatic carbocycles. The normalized spacial score (nSPS) is 10.9. The fourth-order valence-corrected chi connectivity index (χ4v) is 3.52. The van der Waals surface area contributed by atoms with Gasteiger partial charge in [-0.2, -0.15) is 0 Å². The molecule has 0 radical (unpaired) electrons. The Morgan fingerprint density at radius 2 is 1.64 bits per heavy atom. The Morgan fingerprint density at radius 3 is 2.23 bits per heavy atom. The molecule has 0 bridgehead atoms. The highest BCUT2D eigenvalue weighted by Gasteiger charge is 2.09. The quantitative estimate of drug-likeness (QED) is 0.517. The minimum absolute atomic E-state index is 0.156. The van der Waals surface area contributed by atoms with Crippen LogP contribution in [-0.2, 0) is 6.42 Å². The molecule has 0 nitrogen and oxygen atoms in total. The lowest BCUT2D eigenvalue weighted by atomic mass is 10.0. The van der Waals surface area contributed by atoms with Gasteiger partial charge in [0.2, 0.25) is 0 Å². The molecule has 0 aliphatic heterocycles. The number of hydrogen-bond acceptors (Lipinski definition) is 1. The standard InChI is InChI=1S/C20H19FS/c1-3-4-15-6-8-16(9-7-15)17-10-11-18(19(21)13-17)20-12-5-14(2)22-20/h5-13H,3-4H2,1-2H3. The molecule has 0 spiro atoms. The zero-order valence-electron chi connectivity index (χ0n) is 12.9. The number of halogens is 1. The fourth-order valence-electron chi connectivity index (χ4n) is 2.63. The monoisotopic (exact) mass is 310 g/mol. The molecule has 0 saturated heterocycles. The molecule has 0 fully saturated rings. The van der Waals surface area contributed by atoms with E-state index in [9.17, 15) is 4.39 Å². The Hall–Kier alpha value is -1.93. The Labute approximate surface area is 135 Å². The summed E-state index contributed by atoms with van der Waals surface area (Å²) in [6.07, 6.45) is 2.23. The van der Waals surface area contributed by atoms with E-state index in [4.69, 9.17) is 0 Å². The van der Waals surface area contributed by atoms with Crippen LogP contribution in [-0.4, -0.2) is 0 Å². The summed E-state index contributed by atoms with van der Waals surface area (Å²) >= 11 is 1.62. The molecule has 0 saturated carbocycles. The van der Waals surface area contributed by atoms with Crippen molar-refractivity contribution in [2.24, 2.45) is 0 Å². The minimum Gasteiger partial charge on any atom is -0.206 e. The summed E-state index contributed by atoms with van der Waals surface area (Å²) in [6.45, 7) is 4.21. The molecule has 0 unspecified atom stereocenters. The molecule has 3 aromatic rings. The molecule has 2 heteroatoms. The van der Waals surface area contributed by atoms with E-state index in [0.29, 0.717) is 5.56 Å². The molecule has 0 amide bonds. The summed E-state index contributed by atoms with van der Waals surface area (Å²) in [5, 5.41) is 0. The van der Waals surface area contributed by atoms with Gasteiger partial charge in [-0.1, -0.05) is 43.7 Å². The SMILES string of the molecule is CCCc1ccc(-c2ccc(-c3ccc(C)s3)c(F)c2)cc1. The van der Waals surface area contributed by atoms with Crippen molar-refractivity contribution in [3.8, 4) is 21.6 Å². The lowest BCUT2D eigenvalue weighted by Crippen LogP contribution is -1.86. The molecule has 1 heterocycles. The van der Waals surface area contributed by atoms with Gasteiger partial charge in [-0.25, -0.2) is 4.39 Å². The average Bonchev–Trinajstić information content (AvgIpc) is 2.94. The maximum Gasteiger partial charge on any atom is 0.132 e. The molecular formula is C20H19FS. The summed E-state index contributed by atoms with van der Waals surface area (Å²) in [4.78, 5) is 2.19. The van der Waals surface area contributed by atoms with Crippen molar-refractivity contribution >= 4 is 11.3 Å². The number of aryl methyl sites for hydroxylation is 2. The molecular weight excluding hydrogens is 291 g/mol. The fraction of sp³-hybridized carbons (Fsp3) is 0.200. The lowest BCUT2D eigenvalue weighted by Gasteiger charge is -2.06. The first kappa shape index (κ1) is 15.0. The van der Waals surface area contributed by atoms with E-state index in [-0.39, 0.29) is 5.82 Å². The van der Waals surface area contributed by atoms with Crippen molar-refractivity contribution in [2.75, 3.05) is 0 Å². The van der Waals surface area contributed by atoms with E-state index in [1.165, 1.54) is 10.4 Å². The highest BCUT2D eigenvalue weighted by atomic mass is 32.1. The second-order valence-electron chi connectivity index (χ2n) is 5.55. The summed E-state index contributed by atoms with van der Waals surface area (Å²) in [5.74, 6) is -0.156. The van der Waals surface area contributed by atoms with E-state index < -0.39 is 0 Å². The minimum atomic E-state index is -0.156. The zero-order valence-corrected chi connectivity index (χ0v) is 13.7. The lowest BCUT2D eigenvalue weighted by molar-refractivity contribution is 0.632. The smallest absolute Gasteiger partial charge is 0.132 e. The van der Waals surface area contributed by atoms with Gasteiger partial charge in [0.1, 0.15) is 5.82 Å². The van der Waals surface area contributed by atoms with Gasteiger partial charge in [0, 0.05) is 15.3 Å². The first-order valence-electron chi connectivity index (χ1n) is 7.63. The Bertz CT molecular complexity index is 769. The highest BCUT2D eigenvalue weighted by Crippen LogP contribution is 2.32. The molecule has 3 rings (SSSR count). The molecule has 0 atom stereocenters. The molecule has 0 aliphatic carbocycles. The van der Waals surface area contributed by atoms with Gasteiger partial charge in [-0.15, -0.1) is 11.3 Å². The van der Waals surface area contributed by atoms with Gasteiger partial charge in [-0.05, 0) is 54.3 Å². The van der Waals surface area contributed by atoms with Crippen molar-refractivity contribution in [1.29, 1.82) is 0 Å². The largest absolute Gasteiger partial charge is 0.206 e. The third-order valence-corrected chi connectivity index (χ3v) is 4.83. The third kappa shape index (κ3) is 3.12. The maximum atomic E-state index is 14.4. The number of benzene rings is 2. The summed E-state index contributed by atoms with van der Waals surface area (Å²) in [5.41, 5.74) is 4.01. The van der Waals surface area contributed by atoms with E-state index in [1.807, 2.05) is 31.2 Å². The van der Waals surface area contributed by atoms with Crippen molar-refractivity contribution in [3.05, 3.63) is 70.9 Å². The van der Waals surface area contributed by atoms with Crippen LogP contribution in [0.2, 0.25) is 0 Å². The van der Waals surface area contributed by atoms with E-state index in [0.717, 1.165) is 28.8 Å². The zero-order chi connectivity index (χ0) is 15.5. The van der Waals surface area contributed by atoms with Crippen LogP contribution in [0, 0.1) is 12.7 Å². The summed E-state index contributed by atoms with van der Waals surface area (Å²) in [6, 6.07) is 18.0. The maximum absolute atomic E-state index is 14.4. The summed E-state index contributed by atoms with van der Waals surface area (Å²) in [7, 11) is 0. The summed E-state index contributed by atoms with van der Waals surface area (Å²) < 4.78 is 14.4. The molecule has 112 valence electrons. The van der Waals surface area contributed by atoms with Crippen LogP contribution in [0.1, 0.15) is 23.8 Å². The van der Waals surface area contributed by atoms with Crippen LogP contribution in [0.4, 0.5) is 4.39 Å². The van der Waals surface area contributed by atoms with Gasteiger partial charge in [0.05, 0.1) is 0 Å². The molecule has 0 N–H and O–H groups in total. The van der Waals surface area contributed by atoms with Crippen molar-refractivity contribution in [2.45, 2.75) is 26.7 Å². The topological polar surface area (TPSA) is 0 Å². The molecule has 0 aliphatic rings. The van der Waals surface area contributed by atoms with Crippen LogP contribution < -0.4 is 0 Å². The number of thiophene rings is 1. The molecule has 22 heavy (non-hydrogen) atoms. The van der Waals surface area contributed by atoms with Gasteiger partial charge in [0.15, 0.2) is 0 Å². The number of hydrogen-bond donors (Lipinski definition) is 0. The Kier molecular flexibility index (Phi) is 4.39. The predicted octanol–water partition coefficient (Wildman–Crippen LogP) is 6.48. The highest BCUT2D eigenvalue weighted by molar-refractivity contribution is 7.15. The van der Waals surface area contributed by atoms with Gasteiger partial charge >= 0.3 is 0 Å². The Morgan fingerprint density at radius 1 is 0.909 bits per heavy atom. The van der Waals surface area contributed by atoms with Gasteiger partial charge < -0.3 is 0 Å². The van der Waals surface area contributed by atoms with E-state index in [2.05, 4.69) is 31.2 Å². The van der Waals surface area contributed by atoms with Crippen molar-refractivity contribution < 1.29 is 4.39 Å². The van der Waals surface area contributed by atoms with Crippen LogP contribution >= 0.6 is 11.3 Å². The van der Waals surface area contributed by atoms with Crippen LogP contribution in [0.15, 0.2) is 54.6 Å². The van der Waals surface area contributed by atoms with Crippen molar-refractivity contribution in [1.82, 2.24) is 0 Å². The van der Waals surface area contributed by atoms with Crippen LogP contribution in [0.25, 0.3) is 21.6 Å². The van der Waals surface area contributed by atoms with E-state index >= 15 is 0 Å². The van der Waals surface area contributed by atoms with Gasteiger partial charge in [-0.3, -0.25) is 0 Å². The van der Waals surface area contributed by atoms with E-state index in [1.54, 1.807) is 17.4 Å². The predicted molar refractivity (Wildman–Crippen MR) is 93.9 cm³/mol. The van der Waals surface area contributed by atoms with Crippen LogP contribution in [0.5, 0.6) is 0 Å². The average molecular weight is 310 g/mol. The third-order valence-electron chi connectivity index (χ3n) is 3.80. The Balaban J connectivity index is 1.91. The first-order valence-corrected chi connectivity index (χ1v) is 8.44. The second kappa shape index (κ2) is 6.45. The van der Waals surface area contributed by atoms with Gasteiger partial charge in [0.25, 0.3) is 0 Å².